The number of nitrogens with zero attached hydrogens (tertiary/aromatic N) is 1. The standard InChI is InChI=1S/C14H17F2N3O/c15-11-6-12(16)13(5-10(11)14(17)20)18-8-3-4-19(7-8)9-1-2-9/h5-6,8-9,18H,1-4,7H2,(H2,17,20). The third kappa shape index (κ3) is 2.60. The van der Waals surface area contributed by atoms with Gasteiger partial charge in [-0.25, -0.2) is 8.78 Å². The van der Waals surface area contributed by atoms with E-state index in [1.807, 2.05) is 0 Å². The van der Waals surface area contributed by atoms with Crippen LogP contribution in [0.4, 0.5) is 14.5 Å². The van der Waals surface area contributed by atoms with Crippen LogP contribution in [0.15, 0.2) is 12.1 Å². The number of primary amides is 1. The maximum atomic E-state index is 13.7. The van der Waals surface area contributed by atoms with Crippen molar-refractivity contribution in [2.45, 2.75) is 31.3 Å². The number of nitrogens with one attached hydrogen (secondary N) is 1. The maximum absolute atomic E-state index is 13.7. The van der Waals surface area contributed by atoms with E-state index in [9.17, 15) is 13.6 Å². The minimum atomic E-state index is -0.924. The van der Waals surface area contributed by atoms with Crippen molar-refractivity contribution in [1.82, 2.24) is 4.90 Å². The number of anilines is 1. The van der Waals surface area contributed by atoms with Crippen LogP contribution in [0.1, 0.15) is 29.6 Å². The molecule has 0 aromatic heterocycles. The van der Waals surface area contributed by atoms with Crippen molar-refractivity contribution >= 4 is 11.6 Å². The Bertz CT molecular complexity index is 545. The lowest BCUT2D eigenvalue weighted by Crippen LogP contribution is -2.28. The van der Waals surface area contributed by atoms with Crippen LogP contribution in [0.25, 0.3) is 0 Å². The van der Waals surface area contributed by atoms with Crippen molar-refractivity contribution in [1.29, 1.82) is 0 Å². The number of benzene rings is 1. The lowest BCUT2D eigenvalue weighted by atomic mass is 10.1. The summed E-state index contributed by atoms with van der Waals surface area (Å²) in [6, 6.07) is 2.67. The number of likely N-dealkylation sites (tertiary alicyclic amines) is 1. The molecule has 3 rings (SSSR count). The molecule has 2 aliphatic rings. The molecule has 20 heavy (non-hydrogen) atoms. The van der Waals surface area contributed by atoms with Crippen LogP contribution in [0, 0.1) is 11.6 Å². The molecular formula is C14H17F2N3O. The van der Waals surface area contributed by atoms with Gasteiger partial charge in [-0.3, -0.25) is 9.69 Å². The quantitative estimate of drug-likeness (QED) is 0.883. The van der Waals surface area contributed by atoms with Crippen molar-refractivity contribution in [2.24, 2.45) is 5.73 Å². The highest BCUT2D eigenvalue weighted by molar-refractivity contribution is 5.94. The second kappa shape index (κ2) is 5.01. The average molecular weight is 281 g/mol. The number of rotatable bonds is 4. The fraction of sp³-hybridized carbons (Fsp3) is 0.500. The second-order valence-corrected chi connectivity index (χ2v) is 5.53. The van der Waals surface area contributed by atoms with Crippen molar-refractivity contribution in [2.75, 3.05) is 18.4 Å². The molecule has 1 aromatic rings. The molecule has 1 saturated carbocycles. The van der Waals surface area contributed by atoms with Gasteiger partial charge in [0.1, 0.15) is 11.6 Å². The minimum absolute atomic E-state index is 0.122. The first kappa shape index (κ1) is 13.3. The van der Waals surface area contributed by atoms with E-state index in [0.29, 0.717) is 12.1 Å². The molecule has 1 heterocycles. The van der Waals surface area contributed by atoms with Crippen LogP contribution < -0.4 is 11.1 Å². The third-order valence-corrected chi connectivity index (χ3v) is 3.96. The largest absolute Gasteiger partial charge is 0.379 e. The summed E-state index contributed by atoms with van der Waals surface area (Å²) in [6.45, 7) is 1.85. The zero-order valence-corrected chi connectivity index (χ0v) is 11.0. The Kier molecular flexibility index (Phi) is 3.33. The van der Waals surface area contributed by atoms with Gasteiger partial charge in [0.2, 0.25) is 0 Å². The van der Waals surface area contributed by atoms with Crippen molar-refractivity contribution in [3.8, 4) is 0 Å². The van der Waals surface area contributed by atoms with E-state index in [0.717, 1.165) is 25.6 Å². The minimum Gasteiger partial charge on any atom is -0.379 e. The summed E-state index contributed by atoms with van der Waals surface area (Å²) < 4.78 is 27.1. The first-order chi connectivity index (χ1) is 9.54. The molecule has 0 bridgehead atoms. The van der Waals surface area contributed by atoms with Crippen LogP contribution in [0.3, 0.4) is 0 Å². The Morgan fingerprint density at radius 2 is 2.00 bits per heavy atom. The fourth-order valence-electron chi connectivity index (χ4n) is 2.74. The third-order valence-electron chi connectivity index (χ3n) is 3.96. The van der Waals surface area contributed by atoms with Crippen molar-refractivity contribution in [3.05, 3.63) is 29.3 Å². The molecule has 2 fully saturated rings. The summed E-state index contributed by atoms with van der Waals surface area (Å²) in [5, 5.41) is 3.05. The molecule has 0 spiro atoms. The van der Waals surface area contributed by atoms with Crippen molar-refractivity contribution < 1.29 is 13.6 Å². The molecule has 108 valence electrons. The number of nitrogens with two attached hydrogens (primary N) is 1. The van der Waals surface area contributed by atoms with Gasteiger partial charge in [0.25, 0.3) is 5.91 Å². The van der Waals surface area contributed by atoms with E-state index >= 15 is 0 Å². The molecule has 1 aliphatic heterocycles. The first-order valence-corrected chi connectivity index (χ1v) is 6.84. The number of halogens is 2. The lowest BCUT2D eigenvalue weighted by Gasteiger charge is -2.17. The average Bonchev–Trinajstić information content (AvgIpc) is 3.13. The molecule has 6 heteroatoms. The Labute approximate surface area is 115 Å². The maximum Gasteiger partial charge on any atom is 0.251 e. The molecular weight excluding hydrogens is 264 g/mol. The molecule has 0 radical (unpaired) electrons. The Balaban J connectivity index is 1.73. The smallest absolute Gasteiger partial charge is 0.251 e. The number of hydrogen-bond acceptors (Lipinski definition) is 3. The van der Waals surface area contributed by atoms with E-state index < -0.39 is 17.5 Å². The summed E-state index contributed by atoms with van der Waals surface area (Å²) >= 11 is 0. The van der Waals surface area contributed by atoms with Crippen LogP contribution in [0.5, 0.6) is 0 Å². The summed E-state index contributed by atoms with van der Waals surface area (Å²) in [6.07, 6.45) is 3.39. The van der Waals surface area contributed by atoms with Crippen LogP contribution in [-0.2, 0) is 0 Å². The zero-order chi connectivity index (χ0) is 14.3. The fourth-order valence-corrected chi connectivity index (χ4v) is 2.74. The normalized spacial score (nSPS) is 23.0. The summed E-state index contributed by atoms with van der Waals surface area (Å²) in [4.78, 5) is 13.5. The first-order valence-electron chi connectivity index (χ1n) is 6.84. The summed E-state index contributed by atoms with van der Waals surface area (Å²) in [5.74, 6) is -2.51. The van der Waals surface area contributed by atoms with Gasteiger partial charge in [-0.05, 0) is 25.3 Å². The van der Waals surface area contributed by atoms with Crippen LogP contribution in [0.2, 0.25) is 0 Å². The van der Waals surface area contributed by atoms with E-state index in [1.54, 1.807) is 0 Å². The number of amides is 1. The van der Waals surface area contributed by atoms with E-state index in [1.165, 1.54) is 12.8 Å². The van der Waals surface area contributed by atoms with Gasteiger partial charge in [0, 0.05) is 31.2 Å². The van der Waals surface area contributed by atoms with E-state index in [4.69, 9.17) is 5.73 Å². The summed E-state index contributed by atoms with van der Waals surface area (Å²) in [5.41, 5.74) is 4.93. The summed E-state index contributed by atoms with van der Waals surface area (Å²) in [7, 11) is 0. The van der Waals surface area contributed by atoms with E-state index in [2.05, 4.69) is 10.2 Å². The molecule has 1 unspecified atom stereocenters. The number of hydrogen-bond donors (Lipinski definition) is 2. The highest BCUT2D eigenvalue weighted by Crippen LogP contribution is 2.31. The molecule has 1 aromatic carbocycles. The molecule has 1 saturated heterocycles. The van der Waals surface area contributed by atoms with Crippen LogP contribution >= 0.6 is 0 Å². The molecule has 1 atom stereocenters. The van der Waals surface area contributed by atoms with Gasteiger partial charge in [0.15, 0.2) is 0 Å². The predicted octanol–water partition coefficient (Wildman–Crippen LogP) is 1.71. The molecule has 4 nitrogen and oxygen atoms in total. The monoisotopic (exact) mass is 281 g/mol. The highest BCUT2D eigenvalue weighted by Gasteiger charge is 2.34. The van der Waals surface area contributed by atoms with Crippen molar-refractivity contribution in [3.63, 3.8) is 0 Å². The Morgan fingerprint density at radius 3 is 2.65 bits per heavy atom. The molecule has 1 aliphatic carbocycles. The zero-order valence-electron chi connectivity index (χ0n) is 11.0. The van der Waals surface area contributed by atoms with Gasteiger partial charge < -0.3 is 11.1 Å². The lowest BCUT2D eigenvalue weighted by molar-refractivity contribution is 0.0996. The topological polar surface area (TPSA) is 58.4 Å². The van der Waals surface area contributed by atoms with Gasteiger partial charge in [-0.15, -0.1) is 0 Å². The second-order valence-electron chi connectivity index (χ2n) is 5.53. The Hall–Kier alpha value is -1.69. The highest BCUT2D eigenvalue weighted by atomic mass is 19.1. The Morgan fingerprint density at radius 1 is 1.25 bits per heavy atom. The SMILES string of the molecule is NC(=O)c1cc(NC2CCN(C3CC3)C2)c(F)cc1F. The number of carbonyl (C=O) groups is 1. The number of carbonyl (C=O) groups excluding carboxylic acids is 1. The van der Waals surface area contributed by atoms with Gasteiger partial charge in [-0.2, -0.15) is 0 Å². The molecule has 3 N–H and O–H groups in total. The predicted molar refractivity (Wildman–Crippen MR) is 71.5 cm³/mol. The van der Waals surface area contributed by atoms with Gasteiger partial charge in [0.05, 0.1) is 11.3 Å². The van der Waals surface area contributed by atoms with Gasteiger partial charge >= 0.3 is 0 Å². The van der Waals surface area contributed by atoms with Crippen LogP contribution in [-0.4, -0.2) is 36.0 Å². The van der Waals surface area contributed by atoms with E-state index in [-0.39, 0.29) is 17.3 Å². The van der Waals surface area contributed by atoms with Gasteiger partial charge in [-0.1, -0.05) is 0 Å². The molecule has 1 amide bonds.